The van der Waals surface area contributed by atoms with Crippen LogP contribution in [0.2, 0.25) is 0 Å². The molecule has 2 aliphatic rings. The molecule has 0 radical (unpaired) electrons. The van der Waals surface area contributed by atoms with E-state index in [2.05, 4.69) is 19.7 Å². The monoisotopic (exact) mass is 421 g/mol. The van der Waals surface area contributed by atoms with E-state index in [0.717, 1.165) is 22.0 Å². The van der Waals surface area contributed by atoms with Gasteiger partial charge in [0.15, 0.2) is 5.65 Å². The molecule has 0 saturated carbocycles. The molecule has 0 spiro atoms. The van der Waals surface area contributed by atoms with Crippen LogP contribution >= 0.6 is 0 Å². The topological polar surface area (TPSA) is 73.0 Å². The molecule has 154 valence electrons. The van der Waals surface area contributed by atoms with Gasteiger partial charge in [0.1, 0.15) is 17.4 Å². The molecular formula is C22H23N5O2S. The number of aromatic nitrogens is 4. The van der Waals surface area contributed by atoms with Gasteiger partial charge in [-0.2, -0.15) is 0 Å². The predicted molar refractivity (Wildman–Crippen MR) is 116 cm³/mol. The van der Waals surface area contributed by atoms with Crippen LogP contribution in [0.3, 0.4) is 0 Å². The molecule has 2 fully saturated rings. The first-order valence-corrected chi connectivity index (χ1v) is 12.1. The summed E-state index contributed by atoms with van der Waals surface area (Å²) >= 11 is 0. The summed E-state index contributed by atoms with van der Waals surface area (Å²) in [5, 5.41) is 3.29. The Kier molecular flexibility index (Phi) is 3.93. The molecular weight excluding hydrogens is 398 g/mol. The molecule has 6 rings (SSSR count). The fourth-order valence-corrected chi connectivity index (χ4v) is 6.65. The highest BCUT2D eigenvalue weighted by Gasteiger charge is 2.37. The maximum Gasteiger partial charge on any atom is 0.244 e. The minimum Gasteiger partial charge on any atom is -0.305 e. The highest BCUT2D eigenvalue weighted by atomic mass is 32.2. The van der Waals surface area contributed by atoms with E-state index in [1.165, 1.54) is 36.1 Å². The second-order valence-electron chi connectivity index (χ2n) is 8.37. The third-order valence-corrected chi connectivity index (χ3v) is 8.16. The zero-order valence-corrected chi connectivity index (χ0v) is 17.4. The highest BCUT2D eigenvalue weighted by molar-refractivity contribution is 7.89. The van der Waals surface area contributed by atoms with E-state index < -0.39 is 10.0 Å². The van der Waals surface area contributed by atoms with Crippen molar-refractivity contribution in [3.8, 4) is 0 Å². The fraction of sp³-hybridized carbons (Fsp3) is 0.364. The van der Waals surface area contributed by atoms with Crippen LogP contribution in [0.5, 0.6) is 0 Å². The van der Waals surface area contributed by atoms with Crippen LogP contribution in [0.4, 0.5) is 0 Å². The minimum atomic E-state index is -3.58. The molecule has 7 nitrogen and oxygen atoms in total. The lowest BCUT2D eigenvalue weighted by Gasteiger charge is -2.37. The number of fused-ring (bicyclic) bond motifs is 5. The van der Waals surface area contributed by atoms with Crippen molar-refractivity contribution in [1.82, 2.24) is 18.6 Å². The van der Waals surface area contributed by atoms with Gasteiger partial charge in [-0.3, -0.25) is 0 Å². The third-order valence-electron chi connectivity index (χ3n) is 6.56. The molecule has 2 bridgehead atoms. The molecule has 30 heavy (non-hydrogen) atoms. The van der Waals surface area contributed by atoms with Crippen molar-refractivity contribution in [2.75, 3.05) is 5.01 Å². The Balaban J connectivity index is 1.48. The van der Waals surface area contributed by atoms with Crippen molar-refractivity contribution in [2.45, 2.75) is 49.9 Å². The van der Waals surface area contributed by atoms with Crippen LogP contribution in [-0.4, -0.2) is 39.1 Å². The summed E-state index contributed by atoms with van der Waals surface area (Å²) in [6.07, 6.45) is 11.3. The molecule has 8 heteroatoms. The summed E-state index contributed by atoms with van der Waals surface area (Å²) in [4.78, 5) is 9.06. The molecule has 2 saturated heterocycles. The molecule has 2 aliphatic heterocycles. The Hall–Kier alpha value is -2.87. The lowest BCUT2D eigenvalue weighted by Crippen LogP contribution is -2.47. The van der Waals surface area contributed by atoms with E-state index in [-0.39, 0.29) is 5.75 Å². The molecule has 2 unspecified atom stereocenters. The molecule has 3 aromatic heterocycles. The zero-order valence-electron chi connectivity index (χ0n) is 16.6. The summed E-state index contributed by atoms with van der Waals surface area (Å²) in [6, 6.07) is 12.2. The number of rotatable bonds is 4. The van der Waals surface area contributed by atoms with Crippen molar-refractivity contribution in [3.05, 3.63) is 60.7 Å². The van der Waals surface area contributed by atoms with E-state index in [1.807, 2.05) is 42.7 Å². The van der Waals surface area contributed by atoms with Gasteiger partial charge in [0.25, 0.3) is 0 Å². The van der Waals surface area contributed by atoms with Crippen LogP contribution in [-0.2, 0) is 15.8 Å². The largest absolute Gasteiger partial charge is 0.305 e. The van der Waals surface area contributed by atoms with Crippen molar-refractivity contribution >= 4 is 32.1 Å². The Morgan fingerprint density at radius 3 is 2.50 bits per heavy atom. The lowest BCUT2D eigenvalue weighted by atomic mass is 10.1. The van der Waals surface area contributed by atoms with Gasteiger partial charge in [-0.25, -0.2) is 27.0 Å². The second-order valence-corrected chi connectivity index (χ2v) is 10.2. The number of benzene rings is 1. The summed E-state index contributed by atoms with van der Waals surface area (Å²) < 4.78 is 29.8. The van der Waals surface area contributed by atoms with Gasteiger partial charge in [0.2, 0.25) is 10.0 Å². The Morgan fingerprint density at radius 1 is 0.967 bits per heavy atom. The van der Waals surface area contributed by atoms with Gasteiger partial charge in [-0.1, -0.05) is 30.3 Å². The van der Waals surface area contributed by atoms with Gasteiger partial charge >= 0.3 is 0 Å². The van der Waals surface area contributed by atoms with E-state index in [0.29, 0.717) is 17.7 Å². The van der Waals surface area contributed by atoms with Crippen molar-refractivity contribution in [2.24, 2.45) is 0 Å². The van der Waals surface area contributed by atoms with Gasteiger partial charge in [0, 0.05) is 23.7 Å². The van der Waals surface area contributed by atoms with Crippen LogP contribution in [0.1, 0.15) is 37.7 Å². The fourth-order valence-electron chi connectivity index (χ4n) is 5.24. The zero-order chi connectivity index (χ0) is 20.3. The first-order chi connectivity index (χ1) is 14.6. The standard InChI is InChI=1S/C22H23N5O2S/c28-30(29,14-16-5-2-1-3-6-16)26-12-11-19-21-20(13-23-22(19)26)24-15-25(21)27-17-7-4-8-18(27)10-9-17/h1-3,5-6,11-13,15,17-18H,4,7-10,14H2. The molecule has 0 amide bonds. The predicted octanol–water partition coefficient (Wildman–Crippen LogP) is 3.42. The Morgan fingerprint density at radius 2 is 1.73 bits per heavy atom. The van der Waals surface area contributed by atoms with Gasteiger partial charge in [-0.05, 0) is 43.7 Å². The van der Waals surface area contributed by atoms with Gasteiger partial charge in [-0.15, -0.1) is 0 Å². The van der Waals surface area contributed by atoms with Crippen LogP contribution in [0, 0.1) is 0 Å². The second kappa shape index (κ2) is 6.57. The summed E-state index contributed by atoms with van der Waals surface area (Å²) in [6.45, 7) is 0. The number of hydrogen-bond acceptors (Lipinski definition) is 5. The maximum absolute atomic E-state index is 13.1. The van der Waals surface area contributed by atoms with Crippen molar-refractivity contribution < 1.29 is 8.42 Å². The number of imidazole rings is 1. The van der Waals surface area contributed by atoms with E-state index in [9.17, 15) is 8.42 Å². The number of hydrogen-bond donors (Lipinski definition) is 0. The summed E-state index contributed by atoms with van der Waals surface area (Å²) in [5.74, 6) is -0.0626. The van der Waals surface area contributed by atoms with Crippen LogP contribution < -0.4 is 5.01 Å². The quantitative estimate of drug-likeness (QED) is 0.505. The van der Waals surface area contributed by atoms with Crippen molar-refractivity contribution in [3.63, 3.8) is 0 Å². The van der Waals surface area contributed by atoms with Gasteiger partial charge < -0.3 is 5.01 Å². The van der Waals surface area contributed by atoms with E-state index in [4.69, 9.17) is 0 Å². The third kappa shape index (κ3) is 2.66. The molecule has 1 aromatic carbocycles. The molecule has 2 atom stereocenters. The number of piperidine rings is 1. The first-order valence-electron chi connectivity index (χ1n) is 10.5. The number of pyridine rings is 1. The van der Waals surface area contributed by atoms with Crippen LogP contribution in [0.25, 0.3) is 22.1 Å². The minimum absolute atomic E-state index is 0.0626. The molecule has 0 N–H and O–H groups in total. The SMILES string of the molecule is O=S(=O)(Cc1ccccc1)n1ccc2c3c(cnc21)ncn3N1C2CCCC1CC2. The van der Waals surface area contributed by atoms with Gasteiger partial charge in [0.05, 0.1) is 11.9 Å². The average molecular weight is 422 g/mol. The molecule has 0 aliphatic carbocycles. The lowest BCUT2D eigenvalue weighted by molar-refractivity contribution is 0.388. The molecule has 4 aromatic rings. The van der Waals surface area contributed by atoms with Crippen molar-refractivity contribution in [1.29, 1.82) is 0 Å². The van der Waals surface area contributed by atoms with E-state index >= 15 is 0 Å². The average Bonchev–Trinajstić information content (AvgIpc) is 3.41. The normalized spacial score (nSPS) is 21.7. The first kappa shape index (κ1) is 17.9. The summed E-state index contributed by atoms with van der Waals surface area (Å²) in [7, 11) is -3.58. The summed E-state index contributed by atoms with van der Waals surface area (Å²) in [5.41, 5.74) is 2.97. The Bertz CT molecular complexity index is 1330. The van der Waals surface area contributed by atoms with Crippen LogP contribution in [0.15, 0.2) is 55.1 Å². The molecule has 5 heterocycles. The maximum atomic E-state index is 13.1. The Labute approximate surface area is 175 Å². The highest BCUT2D eigenvalue weighted by Crippen LogP contribution is 2.36. The number of nitrogens with zero attached hydrogens (tertiary/aromatic N) is 5. The van der Waals surface area contributed by atoms with E-state index in [1.54, 1.807) is 12.4 Å². The smallest absolute Gasteiger partial charge is 0.244 e.